The van der Waals surface area contributed by atoms with E-state index in [-0.39, 0.29) is 18.7 Å². The molecule has 7 rings (SSSR count). The first-order chi connectivity index (χ1) is 18.0. The normalized spacial score (nSPS) is 27.1. The van der Waals surface area contributed by atoms with Gasteiger partial charge in [-0.15, -0.1) is 23.2 Å². The van der Waals surface area contributed by atoms with E-state index in [0.717, 1.165) is 17.0 Å². The number of carbonyl (C=O) groups is 3. The summed E-state index contributed by atoms with van der Waals surface area (Å²) < 4.78 is 39.0. The number of benzene rings is 3. The molecule has 3 aromatic carbocycles. The maximum atomic E-state index is 13.7. The molecule has 38 heavy (non-hydrogen) atoms. The third-order valence-electron chi connectivity index (χ3n) is 7.71. The quantitative estimate of drug-likeness (QED) is 0.333. The minimum atomic E-state index is -4.56. The van der Waals surface area contributed by atoms with E-state index in [2.05, 4.69) is 5.32 Å². The summed E-state index contributed by atoms with van der Waals surface area (Å²) in [5.41, 5.74) is 1.73. The summed E-state index contributed by atoms with van der Waals surface area (Å²) in [5, 5.41) is 2.40. The average molecular weight is 559 g/mol. The molecule has 2 atom stereocenters. The summed E-state index contributed by atoms with van der Waals surface area (Å²) in [7, 11) is 0. The molecule has 1 fully saturated rings. The maximum absolute atomic E-state index is 13.7. The fourth-order valence-corrected chi connectivity index (χ4v) is 7.25. The molecule has 1 saturated heterocycles. The molecule has 5 nitrogen and oxygen atoms in total. The second kappa shape index (κ2) is 8.32. The number of anilines is 1. The van der Waals surface area contributed by atoms with Crippen LogP contribution in [0.4, 0.5) is 18.9 Å². The fourth-order valence-electron chi connectivity index (χ4n) is 6.16. The second-order valence-corrected chi connectivity index (χ2v) is 10.9. The topological polar surface area (TPSA) is 66.5 Å². The van der Waals surface area contributed by atoms with Crippen molar-refractivity contribution in [2.75, 3.05) is 11.9 Å². The molecule has 1 N–H and O–H groups in total. The first kappa shape index (κ1) is 24.9. The van der Waals surface area contributed by atoms with Crippen LogP contribution in [0.2, 0.25) is 0 Å². The number of alkyl halides is 5. The lowest BCUT2D eigenvalue weighted by Crippen LogP contribution is -2.57. The minimum Gasteiger partial charge on any atom is -0.326 e. The van der Waals surface area contributed by atoms with Crippen molar-refractivity contribution in [2.24, 2.45) is 11.8 Å². The largest absolute Gasteiger partial charge is 0.416 e. The Morgan fingerprint density at radius 1 is 0.816 bits per heavy atom. The summed E-state index contributed by atoms with van der Waals surface area (Å²) in [6, 6.07) is 18.7. The number of nitrogens with zero attached hydrogens (tertiary/aromatic N) is 1. The van der Waals surface area contributed by atoms with Gasteiger partial charge in [0.2, 0.25) is 17.7 Å². The third kappa shape index (κ3) is 3.29. The van der Waals surface area contributed by atoms with Crippen molar-refractivity contribution < 1.29 is 27.6 Å². The molecule has 194 valence electrons. The van der Waals surface area contributed by atoms with Crippen LogP contribution < -0.4 is 5.32 Å². The van der Waals surface area contributed by atoms with E-state index < -0.39 is 51.0 Å². The van der Waals surface area contributed by atoms with Crippen molar-refractivity contribution >= 4 is 46.6 Å². The second-order valence-electron chi connectivity index (χ2n) is 9.67. The number of amides is 3. The Morgan fingerprint density at radius 2 is 1.29 bits per heavy atom. The Labute approximate surface area is 225 Å². The van der Waals surface area contributed by atoms with Gasteiger partial charge in [-0.2, -0.15) is 13.2 Å². The van der Waals surface area contributed by atoms with Crippen LogP contribution >= 0.6 is 23.2 Å². The molecular formula is C28H19Cl2F3N2O3. The molecule has 0 radical (unpaired) electrons. The lowest BCUT2D eigenvalue weighted by atomic mass is 9.54. The van der Waals surface area contributed by atoms with Gasteiger partial charge in [0.05, 0.1) is 17.4 Å². The number of halogens is 5. The number of rotatable bonds is 4. The first-order valence-corrected chi connectivity index (χ1v) is 12.6. The molecule has 1 aliphatic heterocycles. The fraction of sp³-hybridized carbons (Fsp3) is 0.250. The molecule has 4 aliphatic rings. The molecule has 3 aliphatic carbocycles. The zero-order valence-corrected chi connectivity index (χ0v) is 21.1. The van der Waals surface area contributed by atoms with Crippen molar-refractivity contribution in [1.29, 1.82) is 0 Å². The van der Waals surface area contributed by atoms with E-state index in [1.807, 2.05) is 24.3 Å². The van der Waals surface area contributed by atoms with Gasteiger partial charge in [0, 0.05) is 18.7 Å². The van der Waals surface area contributed by atoms with Crippen LogP contribution in [0.25, 0.3) is 0 Å². The zero-order valence-electron chi connectivity index (χ0n) is 19.6. The van der Waals surface area contributed by atoms with Gasteiger partial charge in [-0.25, -0.2) is 0 Å². The Kier molecular flexibility index (Phi) is 5.46. The average Bonchev–Trinajstić information content (AvgIpc) is 3.16. The van der Waals surface area contributed by atoms with Crippen LogP contribution in [0, 0.1) is 11.8 Å². The number of likely N-dealkylation sites (tertiary alicyclic amines) is 1. The van der Waals surface area contributed by atoms with Crippen molar-refractivity contribution in [3.8, 4) is 0 Å². The highest BCUT2D eigenvalue weighted by Crippen LogP contribution is 2.69. The summed E-state index contributed by atoms with van der Waals surface area (Å²) >= 11 is 14.7. The Morgan fingerprint density at radius 3 is 1.74 bits per heavy atom. The highest BCUT2D eigenvalue weighted by Gasteiger charge is 2.72. The first-order valence-electron chi connectivity index (χ1n) is 11.9. The number of hydrogen-bond acceptors (Lipinski definition) is 3. The number of carbonyl (C=O) groups excluding carboxylic acids is 3. The lowest BCUT2D eigenvalue weighted by molar-refractivity contribution is -0.140. The van der Waals surface area contributed by atoms with Gasteiger partial charge in [-0.1, -0.05) is 54.6 Å². The number of hydrogen-bond donors (Lipinski definition) is 1. The van der Waals surface area contributed by atoms with Gasteiger partial charge >= 0.3 is 6.18 Å². The highest BCUT2D eigenvalue weighted by molar-refractivity contribution is 6.36. The summed E-state index contributed by atoms with van der Waals surface area (Å²) in [5.74, 6) is -3.67. The Balaban J connectivity index is 1.29. The van der Waals surface area contributed by atoms with Crippen molar-refractivity contribution in [2.45, 2.75) is 22.3 Å². The van der Waals surface area contributed by atoms with Gasteiger partial charge in [-0.05, 0) is 40.5 Å². The van der Waals surface area contributed by atoms with E-state index in [9.17, 15) is 27.6 Å². The lowest BCUT2D eigenvalue weighted by Gasteiger charge is -2.54. The summed E-state index contributed by atoms with van der Waals surface area (Å²) in [6.45, 7) is -0.262. The Bertz CT molecular complexity index is 1400. The molecule has 1 heterocycles. The minimum absolute atomic E-state index is 0.0408. The van der Waals surface area contributed by atoms with E-state index >= 15 is 0 Å². The summed E-state index contributed by atoms with van der Waals surface area (Å²) in [6.07, 6.45) is -4.87. The predicted molar refractivity (Wildman–Crippen MR) is 135 cm³/mol. The van der Waals surface area contributed by atoms with Crippen LogP contribution in [-0.4, -0.2) is 29.2 Å². The molecule has 10 heteroatoms. The van der Waals surface area contributed by atoms with E-state index in [0.29, 0.717) is 22.3 Å². The van der Waals surface area contributed by atoms with Crippen LogP contribution in [0.15, 0.2) is 72.8 Å². The molecule has 3 amide bonds. The molecular weight excluding hydrogens is 540 g/mol. The van der Waals surface area contributed by atoms with E-state index in [1.54, 1.807) is 24.3 Å². The SMILES string of the molecule is O=C(CCN1C(=O)[C@@H]2[C@@H](C1=O)C1(Cl)c3ccccc3C2(Cl)c2ccccc21)Nc1cccc(C(F)(F)F)c1. The van der Waals surface area contributed by atoms with Gasteiger partial charge in [0.1, 0.15) is 9.75 Å². The molecule has 0 saturated carbocycles. The van der Waals surface area contributed by atoms with Crippen LogP contribution in [0.5, 0.6) is 0 Å². The van der Waals surface area contributed by atoms with Gasteiger partial charge in [0.25, 0.3) is 0 Å². The smallest absolute Gasteiger partial charge is 0.326 e. The highest BCUT2D eigenvalue weighted by atomic mass is 35.5. The van der Waals surface area contributed by atoms with Crippen molar-refractivity contribution in [1.82, 2.24) is 4.90 Å². The molecule has 0 aromatic heterocycles. The zero-order chi connectivity index (χ0) is 27.0. The maximum Gasteiger partial charge on any atom is 0.416 e. The van der Waals surface area contributed by atoms with Crippen molar-refractivity contribution in [3.63, 3.8) is 0 Å². The summed E-state index contributed by atoms with van der Waals surface area (Å²) in [4.78, 5) is 38.4. The monoisotopic (exact) mass is 558 g/mol. The molecule has 0 unspecified atom stereocenters. The predicted octanol–water partition coefficient (Wildman–Crippen LogP) is 5.63. The van der Waals surface area contributed by atoms with E-state index in [1.165, 1.54) is 12.1 Å². The Hall–Kier alpha value is -3.36. The van der Waals surface area contributed by atoms with Crippen LogP contribution in [0.1, 0.15) is 34.2 Å². The molecule has 3 aromatic rings. The third-order valence-corrected chi connectivity index (χ3v) is 9.00. The van der Waals surface area contributed by atoms with E-state index in [4.69, 9.17) is 23.2 Å². The van der Waals surface area contributed by atoms with Crippen LogP contribution in [0.3, 0.4) is 0 Å². The molecule has 0 spiro atoms. The number of imide groups is 1. The van der Waals surface area contributed by atoms with Crippen molar-refractivity contribution in [3.05, 3.63) is 101 Å². The molecule has 2 bridgehead atoms. The standard InChI is InChI=1S/C28H19Cl2F3N2O3/c29-26-17-8-1-2-9-18(17)27(30,20-11-4-3-10-19(20)26)23-22(26)24(37)35(25(23)38)13-12-21(36)34-16-7-5-6-15(14-16)28(31,32)33/h1-11,14,22-23H,12-13H2,(H,34,36)/t22-,23-,26?,27?/m0/s1. The van der Waals surface area contributed by atoms with Crippen LogP contribution in [-0.2, 0) is 30.3 Å². The van der Waals surface area contributed by atoms with Gasteiger partial charge in [0.15, 0.2) is 0 Å². The van der Waals surface area contributed by atoms with Gasteiger partial charge < -0.3 is 5.32 Å². The van der Waals surface area contributed by atoms with Gasteiger partial charge in [-0.3, -0.25) is 19.3 Å². The number of nitrogens with one attached hydrogen (secondary N) is 1.